The van der Waals surface area contributed by atoms with Gasteiger partial charge in [-0.3, -0.25) is 29.4 Å². The number of rotatable bonds is 13. The molecule has 0 bridgehead atoms. The number of carbonyl (C=O) groups excluding carboxylic acids is 1. The summed E-state index contributed by atoms with van der Waals surface area (Å²) < 4.78 is 28.4. The molecule has 1 amide bonds. The number of nitro benzene ring substituents is 1. The Balaban J connectivity index is 0.900. The van der Waals surface area contributed by atoms with Crippen molar-refractivity contribution in [2.24, 2.45) is 5.41 Å². The lowest BCUT2D eigenvalue weighted by atomic mass is 9.72. The Morgan fingerprint density at radius 3 is 2.42 bits per heavy atom. The van der Waals surface area contributed by atoms with E-state index in [1.807, 2.05) is 42.6 Å². The van der Waals surface area contributed by atoms with E-state index in [1.54, 1.807) is 24.3 Å². The van der Waals surface area contributed by atoms with Crippen LogP contribution in [-0.4, -0.2) is 101 Å². The molecule has 1 aromatic heterocycles. The van der Waals surface area contributed by atoms with Crippen LogP contribution in [0.15, 0.2) is 95.5 Å². The summed E-state index contributed by atoms with van der Waals surface area (Å²) in [5.74, 6) is -0.0758. The molecule has 1 unspecified atom stereocenters. The van der Waals surface area contributed by atoms with Gasteiger partial charge in [-0.1, -0.05) is 54.8 Å². The number of hydrogen-bond acceptors (Lipinski definition) is 10. The molecule has 1 saturated carbocycles. The van der Waals surface area contributed by atoms with E-state index >= 15 is 0 Å². The quantitative estimate of drug-likeness (QED) is 0.0770. The van der Waals surface area contributed by atoms with Crippen LogP contribution in [0.25, 0.3) is 16.5 Å². The summed E-state index contributed by atoms with van der Waals surface area (Å²) in [5, 5.41) is 17.7. The van der Waals surface area contributed by atoms with Crippen LogP contribution < -0.4 is 19.7 Å². The van der Waals surface area contributed by atoms with Gasteiger partial charge in [-0.15, -0.1) is 0 Å². The minimum absolute atomic E-state index is 0.0785. The zero-order valence-electron chi connectivity index (χ0n) is 37.5. The summed E-state index contributed by atoms with van der Waals surface area (Å²) in [5.41, 5.74) is 6.41. The number of amides is 1. The number of fused-ring (bicyclic) bond motifs is 1. The zero-order chi connectivity index (χ0) is 46.0. The summed E-state index contributed by atoms with van der Waals surface area (Å²) in [6.07, 6.45) is 8.83. The van der Waals surface area contributed by atoms with Crippen molar-refractivity contribution in [2.45, 2.75) is 75.8 Å². The van der Waals surface area contributed by atoms with Crippen LogP contribution in [0.4, 0.5) is 17.1 Å². The predicted molar refractivity (Wildman–Crippen MR) is 264 cm³/mol. The minimum Gasteiger partial charge on any atom is -0.455 e. The van der Waals surface area contributed by atoms with Gasteiger partial charge >= 0.3 is 0 Å². The monoisotopic (exact) mass is 953 g/mol. The number of nitrogens with zero attached hydrogens (tertiary/aromatic N) is 4. The number of piperazine rings is 1. The molecule has 2 aliphatic carbocycles. The second-order valence-corrected chi connectivity index (χ2v) is 20.8. The normalized spacial score (nSPS) is 21.1. The lowest BCUT2D eigenvalue weighted by molar-refractivity contribution is -0.384. The zero-order valence-corrected chi connectivity index (χ0v) is 39.8. The third-order valence-electron chi connectivity index (χ3n) is 13.7. The number of aromatic amines is 1. The molecule has 0 spiro atoms. The van der Waals surface area contributed by atoms with Crippen molar-refractivity contribution in [1.82, 2.24) is 19.5 Å². The number of H-pyrrole nitrogens is 1. The third-order valence-corrected chi connectivity index (χ3v) is 15.3. The molecule has 16 heteroatoms. The van der Waals surface area contributed by atoms with E-state index in [0.717, 1.165) is 126 Å². The van der Waals surface area contributed by atoms with Crippen LogP contribution in [0.2, 0.25) is 10.0 Å². The molecular formula is C50H57Cl2N7O6S. The summed E-state index contributed by atoms with van der Waals surface area (Å²) in [4.78, 5) is 36.5. The maximum Gasteiger partial charge on any atom is 0.293 e. The van der Waals surface area contributed by atoms with Crippen molar-refractivity contribution in [1.29, 1.82) is 0 Å². The van der Waals surface area contributed by atoms with E-state index in [4.69, 9.17) is 32.7 Å². The highest BCUT2D eigenvalue weighted by Crippen LogP contribution is 2.44. The lowest BCUT2D eigenvalue weighted by Crippen LogP contribution is -2.47. The molecule has 3 N–H and O–H groups in total. The first-order valence-electron chi connectivity index (χ1n) is 23.0. The van der Waals surface area contributed by atoms with Crippen LogP contribution in [0.1, 0.15) is 74.7 Å². The highest BCUT2D eigenvalue weighted by molar-refractivity contribution is 7.83. The van der Waals surface area contributed by atoms with E-state index in [1.165, 1.54) is 22.8 Å². The Morgan fingerprint density at radius 2 is 1.68 bits per heavy atom. The van der Waals surface area contributed by atoms with E-state index in [0.29, 0.717) is 22.5 Å². The van der Waals surface area contributed by atoms with E-state index in [2.05, 4.69) is 55.7 Å². The second-order valence-electron chi connectivity index (χ2n) is 18.8. The van der Waals surface area contributed by atoms with Crippen LogP contribution >= 0.6 is 23.2 Å². The number of halogens is 2. The van der Waals surface area contributed by atoms with Crippen LogP contribution in [0, 0.1) is 15.5 Å². The number of carbonyl (C=O) groups is 1. The molecule has 13 nitrogen and oxygen atoms in total. The number of morpholine rings is 1. The van der Waals surface area contributed by atoms with Crippen molar-refractivity contribution in [3.05, 3.63) is 122 Å². The molecule has 3 heterocycles. The molecule has 0 radical (unpaired) electrons. The van der Waals surface area contributed by atoms with Crippen LogP contribution in [0.3, 0.4) is 0 Å². The summed E-state index contributed by atoms with van der Waals surface area (Å²) >= 11 is 13.0. The Hall–Kier alpha value is -4.96. The molecule has 2 aliphatic heterocycles. The first kappa shape index (κ1) is 46.2. The van der Waals surface area contributed by atoms with E-state index in [-0.39, 0.29) is 33.4 Å². The molecule has 66 heavy (non-hydrogen) atoms. The number of anilines is 2. The number of hydrogen-bond donors (Lipinski definition) is 3. The molecule has 5 aromatic rings. The smallest absolute Gasteiger partial charge is 0.293 e. The summed E-state index contributed by atoms with van der Waals surface area (Å²) in [7, 11) is -2.13. The van der Waals surface area contributed by atoms with Gasteiger partial charge in [-0.25, -0.2) is 4.21 Å². The maximum absolute atomic E-state index is 14.1. The Bertz CT molecular complexity index is 2630. The molecule has 4 aliphatic rings. The Morgan fingerprint density at radius 1 is 0.924 bits per heavy atom. The van der Waals surface area contributed by atoms with Crippen molar-refractivity contribution in [2.75, 3.05) is 69.2 Å². The van der Waals surface area contributed by atoms with Gasteiger partial charge in [0.1, 0.15) is 17.2 Å². The molecule has 3 fully saturated rings. The number of allylic oxidation sites excluding steroid dienone is 1. The fourth-order valence-corrected chi connectivity index (χ4v) is 11.1. The third kappa shape index (κ3) is 10.7. The number of nitrogens with one attached hydrogen (secondary N) is 3. The Kier molecular flexibility index (Phi) is 14.1. The molecule has 1 atom stereocenters. The van der Waals surface area contributed by atoms with Crippen molar-refractivity contribution in [3.63, 3.8) is 0 Å². The molecule has 9 rings (SSSR count). The highest BCUT2D eigenvalue weighted by Gasteiger charge is 2.31. The average Bonchev–Trinajstić information content (AvgIpc) is 3.77. The van der Waals surface area contributed by atoms with Gasteiger partial charge in [-0.2, -0.15) is 0 Å². The van der Waals surface area contributed by atoms with Crippen molar-refractivity contribution < 1.29 is 23.4 Å². The largest absolute Gasteiger partial charge is 0.455 e. The van der Waals surface area contributed by atoms with Crippen molar-refractivity contribution >= 4 is 73.6 Å². The fraction of sp³-hybridized carbons (Fsp3) is 0.420. The van der Waals surface area contributed by atoms with Gasteiger partial charge in [0, 0.05) is 97.8 Å². The highest BCUT2D eigenvalue weighted by atomic mass is 35.5. The first-order chi connectivity index (χ1) is 31.9. The van der Waals surface area contributed by atoms with E-state index < -0.39 is 21.8 Å². The lowest BCUT2D eigenvalue weighted by Gasteiger charge is -2.39. The predicted octanol–water partition coefficient (Wildman–Crippen LogP) is 10.5. The number of aromatic nitrogens is 1. The van der Waals surface area contributed by atoms with Gasteiger partial charge in [0.2, 0.25) is 0 Å². The van der Waals surface area contributed by atoms with Gasteiger partial charge in [0.25, 0.3) is 11.6 Å². The number of nitro groups is 1. The Labute approximate surface area is 398 Å². The first-order valence-corrected chi connectivity index (χ1v) is 24.9. The summed E-state index contributed by atoms with van der Waals surface area (Å²) in [6.45, 7) is 12.2. The topological polar surface area (TPSA) is 145 Å². The number of benzene rings is 4. The van der Waals surface area contributed by atoms with Gasteiger partial charge in [0.05, 0.1) is 33.6 Å². The van der Waals surface area contributed by atoms with Crippen LogP contribution in [-0.2, 0) is 15.7 Å². The maximum atomic E-state index is 14.1. The molecule has 4 aromatic carbocycles. The fourth-order valence-electron chi connectivity index (χ4n) is 9.97. The molecule has 2 saturated heterocycles. The van der Waals surface area contributed by atoms with E-state index in [9.17, 15) is 19.1 Å². The average molecular weight is 955 g/mol. The summed E-state index contributed by atoms with van der Waals surface area (Å²) in [6, 6.07) is 24.1. The minimum atomic E-state index is -2.13. The molecular weight excluding hydrogens is 898 g/mol. The van der Waals surface area contributed by atoms with Gasteiger partial charge in [-0.05, 0) is 116 Å². The van der Waals surface area contributed by atoms with Crippen LogP contribution in [0.5, 0.6) is 11.5 Å². The molecule has 348 valence electrons. The second kappa shape index (κ2) is 20.1. The SMILES string of the molecule is CC1(C)CCC(CN2CCN(c3ccc(C(=O)NS(=O)c4ccc(NC5CCC(N6CCOCC6)CC5)c([N+](=O)[O-])c4)c(Oc4cc5cc[nH]c5cc4Cl)c3)CC2)=C(c2ccc(Cl)cc2)C1. The van der Waals surface area contributed by atoms with Crippen molar-refractivity contribution in [3.8, 4) is 11.5 Å². The standard InChI is InChI=1S/C50H57Cl2N7O6S/c1-50(2)17-15-35(42(31-50)33-3-5-36(51)6-4-33)32-56-19-21-57(22-20-56)39-11-13-41(47(28-39)65-48-27-34-16-18-53-45(34)30-43(48)52)49(60)55-66(63)40-12-14-44(46(29-40)59(61)62)54-37-7-9-38(10-8-37)58-23-25-64-26-24-58/h3-6,11-14,16,18,27-30,37-38,53-54H,7-10,15,17,19-26,31-32H2,1-2H3,(H,55,60). The van der Waals surface area contributed by atoms with Gasteiger partial charge < -0.3 is 24.7 Å². The van der Waals surface area contributed by atoms with Gasteiger partial charge in [0.15, 0.2) is 11.0 Å². The number of ether oxygens (including phenoxy) is 2.